The fourth-order valence-electron chi connectivity index (χ4n) is 2.24. The van der Waals surface area contributed by atoms with Crippen LogP contribution in [0.2, 0.25) is 5.15 Å². The van der Waals surface area contributed by atoms with E-state index in [-0.39, 0.29) is 12.6 Å². The van der Waals surface area contributed by atoms with Gasteiger partial charge >= 0.3 is 0 Å². The Kier molecular flexibility index (Phi) is 4.88. The van der Waals surface area contributed by atoms with Crippen LogP contribution in [-0.4, -0.2) is 34.3 Å². The lowest BCUT2D eigenvalue weighted by Gasteiger charge is -2.07. The molecule has 0 bridgehead atoms. The summed E-state index contributed by atoms with van der Waals surface area (Å²) in [7, 11) is 1.51. The van der Waals surface area contributed by atoms with Gasteiger partial charge in [0.25, 0.3) is 5.91 Å². The molecule has 0 spiro atoms. The Morgan fingerprint density at radius 2 is 2.17 bits per heavy atom. The number of amides is 1. The molecule has 0 saturated carbocycles. The summed E-state index contributed by atoms with van der Waals surface area (Å²) in [5.41, 5.74) is 2.96. The molecule has 0 fully saturated rings. The third-order valence-electron chi connectivity index (χ3n) is 3.41. The van der Waals surface area contributed by atoms with E-state index in [0.29, 0.717) is 10.8 Å². The minimum Gasteiger partial charge on any atom is -0.364 e. The number of methoxy groups -OCH3 is 1. The van der Waals surface area contributed by atoms with Crippen LogP contribution in [-0.2, 0) is 4.74 Å². The summed E-state index contributed by atoms with van der Waals surface area (Å²) in [5, 5.41) is 3.04. The molecule has 0 atom stereocenters. The minimum atomic E-state index is -0.290. The molecule has 122 valence electrons. The number of pyridine rings is 1. The third-order valence-corrected chi connectivity index (χ3v) is 3.71. The first-order valence-corrected chi connectivity index (χ1v) is 7.59. The van der Waals surface area contributed by atoms with Crippen LogP contribution in [0.4, 0.5) is 0 Å². The summed E-state index contributed by atoms with van der Waals surface area (Å²) < 4.78 is 6.59. The summed E-state index contributed by atoms with van der Waals surface area (Å²) in [6.07, 6.45) is 4.90. The van der Waals surface area contributed by atoms with Crippen LogP contribution in [0.1, 0.15) is 10.5 Å². The number of nitrogens with zero attached hydrogens (tertiary/aromatic N) is 3. The molecule has 3 aromatic rings. The Hall–Kier alpha value is -2.70. The van der Waals surface area contributed by atoms with Crippen LogP contribution < -0.4 is 5.32 Å². The lowest BCUT2D eigenvalue weighted by atomic mass is 10.1. The topological polar surface area (TPSA) is 69.0 Å². The Bertz CT molecular complexity index is 863. The van der Waals surface area contributed by atoms with Crippen LogP contribution in [0.5, 0.6) is 0 Å². The standard InChI is InChI=1S/C17H15ClN4O2/c1-24-11-21-17(23)15-9-22(10-20-15)13-5-2-4-12(8-13)14-6-3-7-19-16(14)18/h2-10H,11H2,1H3,(H,21,23). The number of carbonyl (C=O) groups is 1. The lowest BCUT2D eigenvalue weighted by Crippen LogP contribution is -2.25. The molecular weight excluding hydrogens is 328 g/mol. The maximum absolute atomic E-state index is 11.9. The van der Waals surface area contributed by atoms with Gasteiger partial charge in [-0.1, -0.05) is 23.7 Å². The molecule has 0 aliphatic heterocycles. The molecule has 0 aliphatic carbocycles. The van der Waals surface area contributed by atoms with Crippen LogP contribution in [0.15, 0.2) is 55.1 Å². The number of benzene rings is 1. The maximum atomic E-state index is 11.9. The van der Waals surface area contributed by atoms with Gasteiger partial charge in [0.2, 0.25) is 0 Å². The van der Waals surface area contributed by atoms with Crippen molar-refractivity contribution in [1.29, 1.82) is 0 Å². The smallest absolute Gasteiger partial charge is 0.273 e. The Morgan fingerprint density at radius 3 is 2.96 bits per heavy atom. The summed E-state index contributed by atoms with van der Waals surface area (Å²) >= 11 is 6.16. The van der Waals surface area contributed by atoms with Crippen molar-refractivity contribution < 1.29 is 9.53 Å². The molecule has 1 aromatic carbocycles. The van der Waals surface area contributed by atoms with Crippen molar-refractivity contribution in [2.45, 2.75) is 0 Å². The van der Waals surface area contributed by atoms with Gasteiger partial charge in [-0.25, -0.2) is 9.97 Å². The zero-order chi connectivity index (χ0) is 16.9. The summed E-state index contributed by atoms with van der Waals surface area (Å²) in [6.45, 7) is 0.140. The number of nitrogens with one attached hydrogen (secondary N) is 1. The van der Waals surface area contributed by atoms with Crippen LogP contribution in [0.3, 0.4) is 0 Å². The molecule has 0 radical (unpaired) electrons. The van der Waals surface area contributed by atoms with Gasteiger partial charge in [-0.15, -0.1) is 0 Å². The average Bonchev–Trinajstić information content (AvgIpc) is 3.10. The van der Waals surface area contributed by atoms with Crippen molar-refractivity contribution >= 4 is 17.5 Å². The van der Waals surface area contributed by atoms with E-state index in [0.717, 1.165) is 16.8 Å². The molecule has 0 unspecified atom stereocenters. The van der Waals surface area contributed by atoms with Gasteiger partial charge in [0.15, 0.2) is 0 Å². The molecule has 6 nitrogen and oxygen atoms in total. The van der Waals surface area contributed by atoms with E-state index in [1.807, 2.05) is 36.4 Å². The summed E-state index contributed by atoms with van der Waals surface area (Å²) in [5.74, 6) is -0.290. The number of halogens is 1. The Labute approximate surface area is 144 Å². The highest BCUT2D eigenvalue weighted by molar-refractivity contribution is 6.32. The fraction of sp³-hybridized carbons (Fsp3) is 0.118. The van der Waals surface area contributed by atoms with Gasteiger partial charge in [0.05, 0.1) is 0 Å². The highest BCUT2D eigenvalue weighted by Crippen LogP contribution is 2.27. The normalized spacial score (nSPS) is 10.6. The first kappa shape index (κ1) is 16.2. The molecule has 0 saturated heterocycles. The molecule has 7 heteroatoms. The number of hydrogen-bond acceptors (Lipinski definition) is 4. The van der Waals surface area contributed by atoms with Gasteiger partial charge in [-0.3, -0.25) is 4.79 Å². The number of carbonyl (C=O) groups excluding carboxylic acids is 1. The Balaban J connectivity index is 1.89. The molecule has 24 heavy (non-hydrogen) atoms. The van der Waals surface area contributed by atoms with Gasteiger partial charge in [-0.2, -0.15) is 0 Å². The average molecular weight is 343 g/mol. The molecule has 1 N–H and O–H groups in total. The highest BCUT2D eigenvalue weighted by atomic mass is 35.5. The van der Waals surface area contributed by atoms with E-state index >= 15 is 0 Å². The quantitative estimate of drug-likeness (QED) is 0.571. The van der Waals surface area contributed by atoms with E-state index in [1.54, 1.807) is 23.3 Å². The zero-order valence-corrected chi connectivity index (χ0v) is 13.7. The van der Waals surface area contributed by atoms with Crippen molar-refractivity contribution in [3.63, 3.8) is 0 Å². The van der Waals surface area contributed by atoms with Crippen molar-refractivity contribution in [1.82, 2.24) is 19.9 Å². The number of ether oxygens (including phenoxy) is 1. The van der Waals surface area contributed by atoms with Gasteiger partial charge in [0, 0.05) is 30.8 Å². The van der Waals surface area contributed by atoms with Gasteiger partial charge in [-0.05, 0) is 29.8 Å². The summed E-state index contributed by atoms with van der Waals surface area (Å²) in [4.78, 5) is 20.1. The second-order valence-electron chi connectivity index (χ2n) is 5.00. The van der Waals surface area contributed by atoms with Gasteiger partial charge in [0.1, 0.15) is 23.9 Å². The number of aromatic nitrogens is 3. The van der Waals surface area contributed by atoms with Crippen molar-refractivity contribution in [3.05, 3.63) is 66.0 Å². The maximum Gasteiger partial charge on any atom is 0.273 e. The number of rotatable bonds is 5. The number of imidazole rings is 1. The first-order valence-electron chi connectivity index (χ1n) is 7.21. The molecule has 2 aromatic heterocycles. The van der Waals surface area contributed by atoms with E-state index in [2.05, 4.69) is 15.3 Å². The monoisotopic (exact) mass is 342 g/mol. The van der Waals surface area contributed by atoms with E-state index in [9.17, 15) is 4.79 Å². The fourth-order valence-corrected chi connectivity index (χ4v) is 2.47. The van der Waals surface area contributed by atoms with Gasteiger partial charge < -0.3 is 14.6 Å². The second-order valence-corrected chi connectivity index (χ2v) is 5.36. The predicted octanol–water partition coefficient (Wildman–Crippen LogP) is 2.92. The highest BCUT2D eigenvalue weighted by Gasteiger charge is 2.10. The third kappa shape index (κ3) is 3.45. The number of hydrogen-bond donors (Lipinski definition) is 1. The molecule has 0 aliphatic rings. The predicted molar refractivity (Wildman–Crippen MR) is 91.1 cm³/mol. The zero-order valence-electron chi connectivity index (χ0n) is 12.9. The van der Waals surface area contributed by atoms with Crippen molar-refractivity contribution in [2.75, 3.05) is 13.8 Å². The second kappa shape index (κ2) is 7.25. The summed E-state index contributed by atoms with van der Waals surface area (Å²) in [6, 6.07) is 11.5. The van der Waals surface area contributed by atoms with E-state index in [4.69, 9.17) is 16.3 Å². The van der Waals surface area contributed by atoms with Crippen LogP contribution >= 0.6 is 11.6 Å². The molecule has 1 amide bonds. The van der Waals surface area contributed by atoms with Crippen LogP contribution in [0, 0.1) is 0 Å². The van der Waals surface area contributed by atoms with E-state index < -0.39 is 0 Å². The first-order chi connectivity index (χ1) is 11.7. The Morgan fingerprint density at radius 1 is 1.29 bits per heavy atom. The van der Waals surface area contributed by atoms with Crippen molar-refractivity contribution in [2.24, 2.45) is 0 Å². The molecule has 2 heterocycles. The van der Waals surface area contributed by atoms with E-state index in [1.165, 1.54) is 7.11 Å². The van der Waals surface area contributed by atoms with Crippen LogP contribution in [0.25, 0.3) is 16.8 Å². The van der Waals surface area contributed by atoms with Crippen molar-refractivity contribution in [3.8, 4) is 16.8 Å². The molecular formula is C17H15ClN4O2. The largest absolute Gasteiger partial charge is 0.364 e. The SMILES string of the molecule is COCNC(=O)c1cn(-c2cccc(-c3cccnc3Cl)c2)cn1. The lowest BCUT2D eigenvalue weighted by molar-refractivity contribution is 0.0867. The minimum absolute atomic E-state index is 0.140. The molecule has 3 rings (SSSR count).